The fraction of sp³-hybridized carbons (Fsp3) is 0.944. The Morgan fingerprint density at radius 1 is 1.21 bits per heavy atom. The molecule has 138 valence electrons. The number of rotatable bonds is 5. The van der Waals surface area contributed by atoms with Gasteiger partial charge in [0.1, 0.15) is 0 Å². The summed E-state index contributed by atoms with van der Waals surface area (Å²) in [5.74, 6) is 0.399. The van der Waals surface area contributed by atoms with Crippen LogP contribution >= 0.6 is 0 Å². The summed E-state index contributed by atoms with van der Waals surface area (Å²) in [4.78, 5) is 14.8. The molecule has 2 aliphatic heterocycles. The van der Waals surface area contributed by atoms with E-state index < -0.39 is 0 Å². The summed E-state index contributed by atoms with van der Waals surface area (Å²) < 4.78 is 17.1. The van der Waals surface area contributed by atoms with Crippen LogP contribution in [0.3, 0.4) is 0 Å². The number of hydrogen-bond acceptors (Lipinski definition) is 5. The number of carbonyl (C=O) groups excluding carboxylic acids is 1. The molecule has 2 heterocycles. The van der Waals surface area contributed by atoms with Gasteiger partial charge in [-0.1, -0.05) is 13.8 Å². The van der Waals surface area contributed by atoms with Crippen molar-refractivity contribution < 1.29 is 19.0 Å². The van der Waals surface area contributed by atoms with Crippen LogP contribution in [0.1, 0.15) is 46.0 Å². The van der Waals surface area contributed by atoms with Crippen molar-refractivity contribution in [2.24, 2.45) is 5.92 Å². The minimum Gasteiger partial charge on any atom is -0.378 e. The molecule has 1 atom stereocenters. The molecule has 0 radical (unpaired) electrons. The highest BCUT2D eigenvalue weighted by atomic mass is 16.7. The van der Waals surface area contributed by atoms with E-state index >= 15 is 0 Å². The van der Waals surface area contributed by atoms with Gasteiger partial charge in [-0.3, -0.25) is 9.69 Å². The molecule has 1 amide bonds. The van der Waals surface area contributed by atoms with Crippen molar-refractivity contribution >= 4 is 5.91 Å². The summed E-state index contributed by atoms with van der Waals surface area (Å²) in [6.07, 6.45) is 4.71. The molecule has 0 aromatic heterocycles. The Kier molecular flexibility index (Phi) is 6.13. The first-order valence-corrected chi connectivity index (χ1v) is 9.45. The Hall–Kier alpha value is -0.690. The highest BCUT2D eigenvalue weighted by Gasteiger charge is 2.40. The maximum absolute atomic E-state index is 12.5. The van der Waals surface area contributed by atoms with Gasteiger partial charge in [-0.15, -0.1) is 0 Å². The Bertz CT molecular complexity index is 413. The molecule has 0 bridgehead atoms. The molecule has 0 aromatic carbocycles. The summed E-state index contributed by atoms with van der Waals surface area (Å²) >= 11 is 0. The molecule has 1 spiro atoms. The van der Waals surface area contributed by atoms with E-state index in [1.165, 1.54) is 0 Å². The molecule has 2 saturated heterocycles. The largest absolute Gasteiger partial charge is 0.378 e. The standard InChI is InChI=1S/C18H32N2O4/c1-14(2)11-16-13-22-8-7-20(16)12-17(21)19-15-3-5-18(6-4-15)23-9-10-24-18/h14-16H,3-13H2,1-2H3,(H,19,21)/t16-/m1/s1. The van der Waals surface area contributed by atoms with Crippen LogP contribution in [0.25, 0.3) is 0 Å². The maximum atomic E-state index is 12.5. The lowest BCUT2D eigenvalue weighted by atomic mass is 9.90. The highest BCUT2D eigenvalue weighted by Crippen LogP contribution is 2.35. The minimum absolute atomic E-state index is 0.139. The van der Waals surface area contributed by atoms with E-state index in [9.17, 15) is 4.79 Å². The van der Waals surface area contributed by atoms with Crippen molar-refractivity contribution in [1.29, 1.82) is 0 Å². The predicted molar refractivity (Wildman–Crippen MR) is 90.7 cm³/mol. The molecule has 3 aliphatic rings. The topological polar surface area (TPSA) is 60.0 Å². The van der Waals surface area contributed by atoms with E-state index in [2.05, 4.69) is 24.1 Å². The summed E-state index contributed by atoms with van der Waals surface area (Å²) in [6.45, 7) is 8.64. The van der Waals surface area contributed by atoms with E-state index in [0.717, 1.165) is 51.9 Å². The monoisotopic (exact) mass is 340 g/mol. The molecule has 3 rings (SSSR count). The van der Waals surface area contributed by atoms with Gasteiger partial charge in [0.15, 0.2) is 5.79 Å². The van der Waals surface area contributed by atoms with Gasteiger partial charge in [-0.25, -0.2) is 0 Å². The molecule has 1 saturated carbocycles. The molecule has 24 heavy (non-hydrogen) atoms. The van der Waals surface area contributed by atoms with Gasteiger partial charge in [0.2, 0.25) is 5.91 Å². The number of nitrogens with one attached hydrogen (secondary N) is 1. The predicted octanol–water partition coefficient (Wildman–Crippen LogP) is 1.54. The Morgan fingerprint density at radius 2 is 1.92 bits per heavy atom. The van der Waals surface area contributed by atoms with Gasteiger partial charge >= 0.3 is 0 Å². The van der Waals surface area contributed by atoms with Crippen molar-refractivity contribution in [2.75, 3.05) is 39.5 Å². The zero-order valence-electron chi connectivity index (χ0n) is 15.1. The Morgan fingerprint density at radius 3 is 2.58 bits per heavy atom. The molecular weight excluding hydrogens is 308 g/mol. The van der Waals surface area contributed by atoms with Crippen molar-refractivity contribution in [1.82, 2.24) is 10.2 Å². The highest BCUT2D eigenvalue weighted by molar-refractivity contribution is 5.78. The number of nitrogens with zero attached hydrogens (tertiary/aromatic N) is 1. The zero-order chi connectivity index (χ0) is 17.0. The van der Waals surface area contributed by atoms with Crippen molar-refractivity contribution in [3.63, 3.8) is 0 Å². The van der Waals surface area contributed by atoms with Crippen LogP contribution in [-0.4, -0.2) is 68.2 Å². The van der Waals surface area contributed by atoms with Crippen molar-refractivity contribution in [2.45, 2.75) is 63.8 Å². The van der Waals surface area contributed by atoms with E-state index in [1.54, 1.807) is 0 Å². The first kappa shape index (κ1) is 18.1. The summed E-state index contributed by atoms with van der Waals surface area (Å²) in [5.41, 5.74) is 0. The van der Waals surface area contributed by atoms with Crippen LogP contribution in [0.4, 0.5) is 0 Å². The second-order valence-corrected chi connectivity index (χ2v) is 7.78. The zero-order valence-corrected chi connectivity index (χ0v) is 15.1. The molecule has 0 unspecified atom stereocenters. The van der Waals surface area contributed by atoms with Crippen LogP contribution in [-0.2, 0) is 19.0 Å². The maximum Gasteiger partial charge on any atom is 0.234 e. The third-order valence-electron chi connectivity index (χ3n) is 5.37. The van der Waals surface area contributed by atoms with Crippen LogP contribution in [0.15, 0.2) is 0 Å². The van der Waals surface area contributed by atoms with Crippen LogP contribution in [0, 0.1) is 5.92 Å². The van der Waals surface area contributed by atoms with Crippen LogP contribution < -0.4 is 5.32 Å². The SMILES string of the molecule is CC(C)C[C@@H]1COCCN1CC(=O)NC1CCC2(CC1)OCCO2. The third-order valence-corrected chi connectivity index (χ3v) is 5.37. The third kappa shape index (κ3) is 4.69. The van der Waals surface area contributed by atoms with E-state index in [-0.39, 0.29) is 17.7 Å². The Labute approximate surface area is 145 Å². The number of amides is 1. The van der Waals surface area contributed by atoms with Gasteiger partial charge in [-0.2, -0.15) is 0 Å². The van der Waals surface area contributed by atoms with Gasteiger partial charge in [0, 0.05) is 31.5 Å². The quantitative estimate of drug-likeness (QED) is 0.823. The Balaban J connectivity index is 1.43. The molecule has 3 fully saturated rings. The number of carbonyl (C=O) groups is 1. The van der Waals surface area contributed by atoms with Crippen molar-refractivity contribution in [3.05, 3.63) is 0 Å². The molecule has 6 nitrogen and oxygen atoms in total. The smallest absolute Gasteiger partial charge is 0.234 e. The van der Waals surface area contributed by atoms with Crippen LogP contribution in [0.2, 0.25) is 0 Å². The van der Waals surface area contributed by atoms with Crippen LogP contribution in [0.5, 0.6) is 0 Å². The summed E-state index contributed by atoms with van der Waals surface area (Å²) in [6, 6.07) is 0.611. The molecule has 1 N–H and O–H groups in total. The number of hydrogen-bond donors (Lipinski definition) is 1. The van der Waals surface area contributed by atoms with Gasteiger partial charge < -0.3 is 19.5 Å². The van der Waals surface area contributed by atoms with Gasteiger partial charge in [0.25, 0.3) is 0 Å². The first-order valence-electron chi connectivity index (χ1n) is 9.45. The molecule has 0 aromatic rings. The molecule has 1 aliphatic carbocycles. The lowest BCUT2D eigenvalue weighted by Gasteiger charge is -2.38. The fourth-order valence-electron chi connectivity index (χ4n) is 4.10. The average Bonchev–Trinajstić information content (AvgIpc) is 3.00. The average molecular weight is 340 g/mol. The van der Waals surface area contributed by atoms with Gasteiger partial charge in [0.05, 0.1) is 33.0 Å². The second-order valence-electron chi connectivity index (χ2n) is 7.78. The fourth-order valence-corrected chi connectivity index (χ4v) is 4.10. The second kappa shape index (κ2) is 8.13. The molecular formula is C18H32N2O4. The number of ether oxygens (including phenoxy) is 3. The summed E-state index contributed by atoms with van der Waals surface area (Å²) in [7, 11) is 0. The number of morpholine rings is 1. The van der Waals surface area contributed by atoms with E-state index in [1.807, 2.05) is 0 Å². The van der Waals surface area contributed by atoms with E-state index in [0.29, 0.717) is 31.7 Å². The lowest BCUT2D eigenvalue weighted by molar-refractivity contribution is -0.180. The first-order chi connectivity index (χ1) is 11.6. The minimum atomic E-state index is -0.353. The normalized spacial score (nSPS) is 28.5. The lowest BCUT2D eigenvalue weighted by Crippen LogP contribution is -2.52. The molecule has 6 heteroatoms. The van der Waals surface area contributed by atoms with Crippen molar-refractivity contribution in [3.8, 4) is 0 Å². The summed E-state index contributed by atoms with van der Waals surface area (Å²) in [5, 5.41) is 3.21. The van der Waals surface area contributed by atoms with Gasteiger partial charge in [-0.05, 0) is 25.2 Å². The van der Waals surface area contributed by atoms with E-state index in [4.69, 9.17) is 14.2 Å².